The van der Waals surface area contributed by atoms with Gasteiger partial charge in [-0.25, -0.2) is 9.97 Å². The highest BCUT2D eigenvalue weighted by Crippen LogP contribution is 2.20. The molecule has 0 radical (unpaired) electrons. The summed E-state index contributed by atoms with van der Waals surface area (Å²) >= 11 is 0. The van der Waals surface area contributed by atoms with Gasteiger partial charge >= 0.3 is 0 Å². The second-order valence-electron chi connectivity index (χ2n) is 3.72. The summed E-state index contributed by atoms with van der Waals surface area (Å²) in [6.07, 6.45) is 3.43. The zero-order valence-electron chi connectivity index (χ0n) is 9.04. The highest BCUT2D eigenvalue weighted by Gasteiger charge is 2.02. The highest BCUT2D eigenvalue weighted by molar-refractivity contribution is 5.83. The minimum absolute atomic E-state index is 0.473. The van der Waals surface area contributed by atoms with Gasteiger partial charge in [-0.1, -0.05) is 6.07 Å². The van der Waals surface area contributed by atoms with Crippen LogP contribution in [0.15, 0.2) is 48.8 Å². The third-order valence-corrected chi connectivity index (χ3v) is 2.54. The minimum Gasteiger partial charge on any atom is -0.384 e. The van der Waals surface area contributed by atoms with Crippen LogP contribution in [0.3, 0.4) is 0 Å². The summed E-state index contributed by atoms with van der Waals surface area (Å²) in [5.74, 6) is 1.11. The van der Waals surface area contributed by atoms with Gasteiger partial charge in [0.1, 0.15) is 5.82 Å². The monoisotopic (exact) mass is 222 g/mol. The molecule has 0 bridgehead atoms. The molecular weight excluding hydrogens is 212 g/mol. The second kappa shape index (κ2) is 3.83. The number of fused-ring (bicyclic) bond motifs is 1. The van der Waals surface area contributed by atoms with Gasteiger partial charge in [0.15, 0.2) is 5.82 Å². The molecule has 1 aromatic carbocycles. The zero-order chi connectivity index (χ0) is 11.7. The van der Waals surface area contributed by atoms with Crippen molar-refractivity contribution in [2.24, 2.45) is 0 Å². The fourth-order valence-electron chi connectivity index (χ4n) is 1.73. The van der Waals surface area contributed by atoms with Gasteiger partial charge in [-0.2, -0.15) is 0 Å². The summed E-state index contributed by atoms with van der Waals surface area (Å²) in [6.45, 7) is 0. The van der Waals surface area contributed by atoms with Gasteiger partial charge in [0.2, 0.25) is 0 Å². The Labute approximate surface area is 98.2 Å². The lowest BCUT2D eigenvalue weighted by atomic mass is 10.1. The van der Waals surface area contributed by atoms with Crippen molar-refractivity contribution in [1.82, 2.24) is 15.0 Å². The summed E-state index contributed by atoms with van der Waals surface area (Å²) in [5, 5.41) is 1.07. The maximum Gasteiger partial charge on any atom is 0.161 e. The minimum atomic E-state index is 0.473. The van der Waals surface area contributed by atoms with Crippen LogP contribution in [0.2, 0.25) is 0 Å². The van der Waals surface area contributed by atoms with Gasteiger partial charge in [-0.3, -0.25) is 4.98 Å². The Hall–Kier alpha value is -2.49. The molecule has 0 fully saturated rings. The Morgan fingerprint density at radius 2 is 1.88 bits per heavy atom. The molecule has 0 unspecified atom stereocenters. The molecule has 3 aromatic rings. The Kier molecular flexibility index (Phi) is 2.19. The van der Waals surface area contributed by atoms with Gasteiger partial charge in [0.25, 0.3) is 0 Å². The van der Waals surface area contributed by atoms with E-state index < -0.39 is 0 Å². The van der Waals surface area contributed by atoms with Crippen molar-refractivity contribution >= 4 is 16.7 Å². The van der Waals surface area contributed by atoms with Crippen LogP contribution in [0, 0.1) is 0 Å². The first kappa shape index (κ1) is 9.72. The van der Waals surface area contributed by atoms with E-state index in [0.29, 0.717) is 11.6 Å². The van der Waals surface area contributed by atoms with Crippen LogP contribution in [-0.4, -0.2) is 15.0 Å². The molecular formula is C13H10N4. The van der Waals surface area contributed by atoms with Gasteiger partial charge in [0, 0.05) is 23.3 Å². The van der Waals surface area contributed by atoms with Crippen LogP contribution in [0.25, 0.3) is 22.3 Å². The number of nitrogens with zero attached hydrogens (tertiary/aromatic N) is 3. The molecule has 0 saturated carbocycles. The molecule has 2 N–H and O–H groups in total. The molecule has 0 atom stereocenters. The van der Waals surface area contributed by atoms with Gasteiger partial charge in [-0.05, 0) is 30.3 Å². The molecule has 0 aliphatic carbocycles. The predicted molar refractivity (Wildman–Crippen MR) is 67.2 cm³/mol. The van der Waals surface area contributed by atoms with Crippen LogP contribution in [0.5, 0.6) is 0 Å². The summed E-state index contributed by atoms with van der Waals surface area (Å²) in [5.41, 5.74) is 7.55. The maximum absolute atomic E-state index is 5.65. The van der Waals surface area contributed by atoms with E-state index in [-0.39, 0.29) is 0 Å². The SMILES string of the molecule is Nc1ccnc(-c2ccc3ncccc3c2)n1. The maximum atomic E-state index is 5.65. The molecule has 2 heterocycles. The summed E-state index contributed by atoms with van der Waals surface area (Å²) in [6, 6.07) is 11.5. The number of anilines is 1. The first-order chi connectivity index (χ1) is 8.33. The van der Waals surface area contributed by atoms with Crippen molar-refractivity contribution in [3.05, 3.63) is 48.8 Å². The van der Waals surface area contributed by atoms with E-state index in [1.807, 2.05) is 30.3 Å². The van der Waals surface area contributed by atoms with Crippen molar-refractivity contribution < 1.29 is 0 Å². The third-order valence-electron chi connectivity index (χ3n) is 2.54. The fraction of sp³-hybridized carbons (Fsp3) is 0. The number of benzene rings is 1. The van der Waals surface area contributed by atoms with E-state index in [1.54, 1.807) is 18.5 Å². The normalized spacial score (nSPS) is 10.6. The summed E-state index contributed by atoms with van der Waals surface area (Å²) in [4.78, 5) is 12.7. The first-order valence-electron chi connectivity index (χ1n) is 5.26. The molecule has 4 nitrogen and oxygen atoms in total. The smallest absolute Gasteiger partial charge is 0.161 e. The van der Waals surface area contributed by atoms with Gasteiger partial charge < -0.3 is 5.73 Å². The van der Waals surface area contributed by atoms with Crippen LogP contribution < -0.4 is 5.73 Å². The standard InChI is InChI=1S/C13H10N4/c14-12-5-7-16-13(17-12)10-3-4-11-9(8-10)2-1-6-15-11/h1-8H,(H2,14,16,17). The molecule has 3 rings (SSSR count). The van der Waals surface area contributed by atoms with E-state index in [9.17, 15) is 0 Å². The molecule has 2 aromatic heterocycles. The molecule has 4 heteroatoms. The number of pyridine rings is 1. The average molecular weight is 222 g/mol. The average Bonchev–Trinajstić information content (AvgIpc) is 2.38. The van der Waals surface area contributed by atoms with E-state index in [1.165, 1.54) is 0 Å². The van der Waals surface area contributed by atoms with Crippen LogP contribution in [0.1, 0.15) is 0 Å². The van der Waals surface area contributed by atoms with Crippen LogP contribution in [0.4, 0.5) is 5.82 Å². The van der Waals surface area contributed by atoms with Crippen LogP contribution >= 0.6 is 0 Å². The topological polar surface area (TPSA) is 64.7 Å². The molecule has 0 saturated heterocycles. The lowest BCUT2D eigenvalue weighted by Gasteiger charge is -2.02. The van der Waals surface area contributed by atoms with Crippen molar-refractivity contribution in [2.45, 2.75) is 0 Å². The third kappa shape index (κ3) is 1.80. The van der Waals surface area contributed by atoms with E-state index in [4.69, 9.17) is 5.73 Å². The number of nitrogens with two attached hydrogens (primary N) is 1. The molecule has 0 amide bonds. The Bertz CT molecular complexity index is 679. The number of hydrogen-bond donors (Lipinski definition) is 1. The van der Waals surface area contributed by atoms with Crippen molar-refractivity contribution in [2.75, 3.05) is 5.73 Å². The number of nitrogen functional groups attached to an aromatic ring is 1. The summed E-state index contributed by atoms with van der Waals surface area (Å²) in [7, 11) is 0. The molecule has 0 spiro atoms. The van der Waals surface area contributed by atoms with E-state index in [0.717, 1.165) is 16.5 Å². The predicted octanol–water partition coefficient (Wildman–Crippen LogP) is 2.27. The molecule has 0 aliphatic heterocycles. The number of hydrogen-bond acceptors (Lipinski definition) is 4. The first-order valence-corrected chi connectivity index (χ1v) is 5.26. The lowest BCUT2D eigenvalue weighted by Crippen LogP contribution is -1.94. The Morgan fingerprint density at radius 1 is 0.941 bits per heavy atom. The van der Waals surface area contributed by atoms with Gasteiger partial charge in [0.05, 0.1) is 5.52 Å². The Morgan fingerprint density at radius 3 is 2.76 bits per heavy atom. The van der Waals surface area contributed by atoms with E-state index >= 15 is 0 Å². The quantitative estimate of drug-likeness (QED) is 0.686. The van der Waals surface area contributed by atoms with Gasteiger partial charge in [-0.15, -0.1) is 0 Å². The fourth-order valence-corrected chi connectivity index (χ4v) is 1.73. The Balaban J connectivity index is 2.18. The van der Waals surface area contributed by atoms with E-state index in [2.05, 4.69) is 15.0 Å². The highest BCUT2D eigenvalue weighted by atomic mass is 14.9. The lowest BCUT2D eigenvalue weighted by molar-refractivity contribution is 1.19. The second-order valence-corrected chi connectivity index (χ2v) is 3.72. The van der Waals surface area contributed by atoms with Crippen LogP contribution in [-0.2, 0) is 0 Å². The summed E-state index contributed by atoms with van der Waals surface area (Å²) < 4.78 is 0. The number of rotatable bonds is 1. The molecule has 17 heavy (non-hydrogen) atoms. The van der Waals surface area contributed by atoms with Crippen molar-refractivity contribution in [3.63, 3.8) is 0 Å². The van der Waals surface area contributed by atoms with Crippen molar-refractivity contribution in [1.29, 1.82) is 0 Å². The largest absolute Gasteiger partial charge is 0.384 e. The number of aromatic nitrogens is 3. The zero-order valence-corrected chi connectivity index (χ0v) is 9.04. The van der Waals surface area contributed by atoms with Crippen molar-refractivity contribution in [3.8, 4) is 11.4 Å². The molecule has 0 aliphatic rings. The molecule has 82 valence electrons.